The lowest BCUT2D eigenvalue weighted by Crippen LogP contribution is -2.57. The second kappa shape index (κ2) is 3.48. The molecular formula is C15H26O2. The van der Waals surface area contributed by atoms with Crippen LogP contribution in [0.1, 0.15) is 59.3 Å². The predicted octanol–water partition coefficient (Wildman–Crippen LogP) is 3.13. The van der Waals surface area contributed by atoms with Gasteiger partial charge in [-0.2, -0.15) is 0 Å². The number of ether oxygens (including phenoxy) is 1. The van der Waals surface area contributed by atoms with E-state index in [0.717, 1.165) is 6.42 Å². The molecule has 0 aromatic rings. The molecule has 4 atom stereocenters. The lowest BCUT2D eigenvalue weighted by Gasteiger charge is -2.55. The minimum Gasteiger partial charge on any atom is -0.396 e. The quantitative estimate of drug-likeness (QED) is 0.760. The zero-order chi connectivity index (χ0) is 12.3. The van der Waals surface area contributed by atoms with E-state index >= 15 is 0 Å². The molecule has 0 aromatic carbocycles. The van der Waals surface area contributed by atoms with Crippen LogP contribution in [0, 0.1) is 17.3 Å². The fourth-order valence-corrected chi connectivity index (χ4v) is 5.02. The van der Waals surface area contributed by atoms with Crippen LogP contribution in [0.4, 0.5) is 0 Å². The van der Waals surface area contributed by atoms with Crippen molar-refractivity contribution in [2.24, 2.45) is 17.3 Å². The molecule has 2 nitrogen and oxygen atoms in total. The van der Waals surface area contributed by atoms with Crippen LogP contribution in [0.5, 0.6) is 0 Å². The number of aliphatic hydroxyl groups is 1. The van der Waals surface area contributed by atoms with Gasteiger partial charge in [-0.05, 0) is 57.3 Å². The monoisotopic (exact) mass is 238 g/mol. The largest absolute Gasteiger partial charge is 0.396 e. The molecule has 0 amide bonds. The molecule has 98 valence electrons. The van der Waals surface area contributed by atoms with Gasteiger partial charge in [0.05, 0.1) is 11.2 Å². The minimum absolute atomic E-state index is 0.0164. The van der Waals surface area contributed by atoms with Crippen LogP contribution in [0.15, 0.2) is 0 Å². The highest BCUT2D eigenvalue weighted by molar-refractivity contribution is 5.15. The Kier molecular flexibility index (Phi) is 2.45. The van der Waals surface area contributed by atoms with E-state index in [2.05, 4.69) is 20.8 Å². The van der Waals surface area contributed by atoms with E-state index in [-0.39, 0.29) is 11.2 Å². The molecule has 3 aliphatic rings. The first-order chi connectivity index (χ1) is 7.94. The number of hydrogen-bond donors (Lipinski definition) is 1. The summed E-state index contributed by atoms with van der Waals surface area (Å²) in [4.78, 5) is 0. The highest BCUT2D eigenvalue weighted by Gasteiger charge is 2.65. The summed E-state index contributed by atoms with van der Waals surface area (Å²) in [6.07, 6.45) is 7.47. The summed E-state index contributed by atoms with van der Waals surface area (Å²) in [5, 5.41) is 9.75. The summed E-state index contributed by atoms with van der Waals surface area (Å²) in [6, 6.07) is 0. The van der Waals surface area contributed by atoms with Crippen LogP contribution in [0.2, 0.25) is 0 Å². The molecule has 1 spiro atoms. The molecule has 1 N–H and O–H groups in total. The first-order valence-corrected chi connectivity index (χ1v) is 7.25. The minimum atomic E-state index is -0.0214. The van der Waals surface area contributed by atoms with Gasteiger partial charge in [0.1, 0.15) is 0 Å². The van der Waals surface area contributed by atoms with E-state index in [0.29, 0.717) is 23.9 Å². The maximum atomic E-state index is 9.75. The van der Waals surface area contributed by atoms with Crippen LogP contribution in [0.3, 0.4) is 0 Å². The summed E-state index contributed by atoms with van der Waals surface area (Å²) in [5.74, 6) is 1.06. The van der Waals surface area contributed by atoms with Gasteiger partial charge in [-0.3, -0.25) is 0 Å². The second-order valence-electron chi connectivity index (χ2n) is 7.37. The zero-order valence-corrected chi connectivity index (χ0v) is 11.5. The van der Waals surface area contributed by atoms with Crippen molar-refractivity contribution in [2.45, 2.75) is 70.5 Å². The number of aliphatic hydroxyl groups excluding tert-OH is 1. The van der Waals surface area contributed by atoms with Crippen molar-refractivity contribution in [2.75, 3.05) is 6.61 Å². The molecule has 3 fully saturated rings. The Morgan fingerprint density at radius 3 is 2.65 bits per heavy atom. The molecule has 1 aliphatic heterocycles. The molecule has 0 radical (unpaired) electrons. The van der Waals surface area contributed by atoms with Crippen molar-refractivity contribution >= 4 is 0 Å². The lowest BCUT2D eigenvalue weighted by molar-refractivity contribution is -0.203. The molecule has 2 aliphatic carbocycles. The van der Waals surface area contributed by atoms with Crippen molar-refractivity contribution in [3.63, 3.8) is 0 Å². The van der Waals surface area contributed by atoms with Crippen LogP contribution in [-0.2, 0) is 4.74 Å². The Bertz CT molecular complexity index is 325. The fourth-order valence-electron chi connectivity index (χ4n) is 5.02. The molecule has 2 unspecified atom stereocenters. The Morgan fingerprint density at radius 2 is 1.94 bits per heavy atom. The van der Waals surface area contributed by atoms with Gasteiger partial charge >= 0.3 is 0 Å². The second-order valence-corrected chi connectivity index (χ2v) is 7.37. The fraction of sp³-hybridized carbons (Fsp3) is 1.00. The molecule has 2 heteroatoms. The average Bonchev–Trinajstić information content (AvgIpc) is 2.49. The maximum absolute atomic E-state index is 9.75. The first kappa shape index (κ1) is 12.0. The molecule has 1 heterocycles. The maximum Gasteiger partial charge on any atom is 0.0796 e. The van der Waals surface area contributed by atoms with Crippen molar-refractivity contribution in [1.82, 2.24) is 0 Å². The average molecular weight is 238 g/mol. The molecule has 0 aromatic heterocycles. The zero-order valence-electron chi connectivity index (χ0n) is 11.5. The van der Waals surface area contributed by atoms with Crippen molar-refractivity contribution in [3.05, 3.63) is 0 Å². The number of hydrogen-bond acceptors (Lipinski definition) is 2. The highest BCUT2D eigenvalue weighted by atomic mass is 16.5. The molecular weight excluding hydrogens is 212 g/mol. The summed E-state index contributed by atoms with van der Waals surface area (Å²) >= 11 is 0. The molecule has 3 rings (SSSR count). The third-order valence-electron chi connectivity index (χ3n) is 6.21. The smallest absolute Gasteiger partial charge is 0.0796 e. The van der Waals surface area contributed by atoms with Crippen LogP contribution in [0.25, 0.3) is 0 Å². The first-order valence-electron chi connectivity index (χ1n) is 7.25. The molecule has 2 saturated carbocycles. The van der Waals surface area contributed by atoms with E-state index in [1.54, 1.807) is 0 Å². The van der Waals surface area contributed by atoms with Crippen molar-refractivity contribution < 1.29 is 9.84 Å². The van der Waals surface area contributed by atoms with Crippen molar-refractivity contribution in [3.8, 4) is 0 Å². The van der Waals surface area contributed by atoms with E-state index in [9.17, 15) is 5.11 Å². The van der Waals surface area contributed by atoms with Gasteiger partial charge in [-0.25, -0.2) is 0 Å². The third-order valence-corrected chi connectivity index (χ3v) is 6.21. The topological polar surface area (TPSA) is 29.5 Å². The van der Waals surface area contributed by atoms with Crippen LogP contribution < -0.4 is 0 Å². The lowest BCUT2D eigenvalue weighted by atomic mass is 9.52. The van der Waals surface area contributed by atoms with Crippen LogP contribution >= 0.6 is 0 Å². The molecule has 1 saturated heterocycles. The van der Waals surface area contributed by atoms with Gasteiger partial charge in [0, 0.05) is 12.5 Å². The Balaban J connectivity index is 2.03. The number of rotatable bonds is 1. The SMILES string of the molecule is CC1(C)O[C@]23C[C@H]1CCC2(C)CCCC3CO. The van der Waals surface area contributed by atoms with Gasteiger partial charge in [-0.15, -0.1) is 0 Å². The molecule has 17 heavy (non-hydrogen) atoms. The van der Waals surface area contributed by atoms with E-state index in [4.69, 9.17) is 4.74 Å². The van der Waals surface area contributed by atoms with E-state index in [1.165, 1.54) is 32.1 Å². The standard InChI is InChI=1S/C15H26O2/c1-13(2)11-6-8-14(3)7-4-5-12(10-16)15(14,9-11)17-13/h11-12,16H,4-10H2,1-3H3/t11-,12?,14?,15+/m1/s1. The summed E-state index contributed by atoms with van der Waals surface area (Å²) in [5.41, 5.74) is 0.303. The van der Waals surface area contributed by atoms with E-state index < -0.39 is 0 Å². The van der Waals surface area contributed by atoms with Gasteiger partial charge in [0.2, 0.25) is 0 Å². The van der Waals surface area contributed by atoms with Crippen molar-refractivity contribution in [1.29, 1.82) is 0 Å². The third kappa shape index (κ3) is 1.40. The highest BCUT2D eigenvalue weighted by Crippen LogP contribution is 2.65. The Morgan fingerprint density at radius 1 is 1.18 bits per heavy atom. The van der Waals surface area contributed by atoms with Gasteiger partial charge in [0.15, 0.2) is 0 Å². The van der Waals surface area contributed by atoms with Gasteiger partial charge in [-0.1, -0.05) is 13.3 Å². The van der Waals surface area contributed by atoms with Gasteiger partial charge < -0.3 is 9.84 Å². The Hall–Kier alpha value is -0.0800. The summed E-state index contributed by atoms with van der Waals surface area (Å²) in [7, 11) is 0. The summed E-state index contributed by atoms with van der Waals surface area (Å²) < 4.78 is 6.61. The summed E-state index contributed by atoms with van der Waals surface area (Å²) in [6.45, 7) is 7.22. The Labute approximate surface area is 105 Å². The normalized spacial score (nSPS) is 52.2. The van der Waals surface area contributed by atoms with Crippen LogP contribution in [-0.4, -0.2) is 22.9 Å². The number of fused-ring (bicyclic) bond motifs is 1. The van der Waals surface area contributed by atoms with E-state index in [1.807, 2.05) is 0 Å². The molecule has 2 bridgehead atoms. The predicted molar refractivity (Wildman–Crippen MR) is 67.8 cm³/mol. The van der Waals surface area contributed by atoms with Gasteiger partial charge in [0.25, 0.3) is 0 Å².